The molecule has 1 unspecified atom stereocenters. The van der Waals surface area contributed by atoms with Crippen molar-refractivity contribution in [3.8, 4) is 0 Å². The van der Waals surface area contributed by atoms with Gasteiger partial charge >= 0.3 is 0 Å². The third kappa shape index (κ3) is 3.75. The van der Waals surface area contributed by atoms with Crippen LogP contribution in [-0.2, 0) is 6.42 Å². The van der Waals surface area contributed by atoms with Crippen molar-refractivity contribution < 1.29 is 0 Å². The van der Waals surface area contributed by atoms with Crippen molar-refractivity contribution >= 4 is 11.8 Å². The molecule has 0 aromatic heterocycles. The fourth-order valence-electron chi connectivity index (χ4n) is 1.78. The second-order valence-electron chi connectivity index (χ2n) is 3.99. The summed E-state index contributed by atoms with van der Waals surface area (Å²) in [5, 5.41) is 0. The number of aryl methyl sites for hydroxylation is 1. The first-order chi connectivity index (χ1) is 7.17. The first-order valence-electron chi connectivity index (χ1n) is 5.43. The fourth-order valence-corrected chi connectivity index (χ4v) is 2.50. The van der Waals surface area contributed by atoms with Crippen LogP contribution in [0, 0.1) is 12.8 Å². The summed E-state index contributed by atoms with van der Waals surface area (Å²) in [6, 6.07) is 8.85. The predicted octanol–water partition coefficient (Wildman–Crippen LogP) is 4.44. The molecule has 0 bridgehead atoms. The van der Waals surface area contributed by atoms with Gasteiger partial charge in [-0.3, -0.25) is 0 Å². The van der Waals surface area contributed by atoms with E-state index in [0.29, 0.717) is 5.92 Å². The van der Waals surface area contributed by atoms with Crippen molar-refractivity contribution in [2.24, 2.45) is 5.92 Å². The molecule has 0 radical (unpaired) electrons. The summed E-state index contributed by atoms with van der Waals surface area (Å²) in [6.45, 7) is 6.55. The van der Waals surface area contributed by atoms with Gasteiger partial charge in [0, 0.05) is 0 Å². The van der Waals surface area contributed by atoms with Crippen LogP contribution in [0.4, 0.5) is 0 Å². The topological polar surface area (TPSA) is 0 Å². The Hall–Kier alpha value is -0.690. The molecule has 1 atom stereocenters. The molecule has 0 amide bonds. The van der Waals surface area contributed by atoms with E-state index in [1.165, 1.54) is 16.0 Å². The second-order valence-corrected chi connectivity index (χ2v) is 4.87. The molecular weight excluding hydrogens is 200 g/mol. The number of benzene rings is 1. The lowest BCUT2D eigenvalue weighted by Crippen LogP contribution is -2.01. The van der Waals surface area contributed by atoms with Crippen molar-refractivity contribution in [2.75, 3.05) is 6.26 Å². The average molecular weight is 220 g/mol. The average Bonchev–Trinajstić information content (AvgIpc) is 2.23. The predicted molar refractivity (Wildman–Crippen MR) is 71.3 cm³/mol. The molecule has 0 saturated carbocycles. The highest BCUT2D eigenvalue weighted by Gasteiger charge is 2.07. The summed E-state index contributed by atoms with van der Waals surface area (Å²) in [5.41, 5.74) is 2.77. The minimum absolute atomic E-state index is 0.632. The maximum absolute atomic E-state index is 2.30. The highest BCUT2D eigenvalue weighted by molar-refractivity contribution is 8.02. The monoisotopic (exact) mass is 220 g/mol. The zero-order chi connectivity index (χ0) is 11.3. The molecule has 0 nitrogen and oxygen atoms in total. The normalized spacial score (nSPS) is 14.0. The largest absolute Gasteiger partial charge is 0.134 e. The van der Waals surface area contributed by atoms with Crippen LogP contribution in [0.1, 0.15) is 25.0 Å². The van der Waals surface area contributed by atoms with Crippen molar-refractivity contribution in [1.82, 2.24) is 0 Å². The number of allylic oxidation sites excluding steroid dienone is 2. The van der Waals surface area contributed by atoms with Gasteiger partial charge in [-0.05, 0) is 42.9 Å². The van der Waals surface area contributed by atoms with Crippen LogP contribution in [0.5, 0.6) is 0 Å². The van der Waals surface area contributed by atoms with E-state index in [2.05, 4.69) is 57.4 Å². The maximum Gasteiger partial charge on any atom is -0.00933 e. The molecule has 0 spiro atoms. The van der Waals surface area contributed by atoms with E-state index in [1.54, 1.807) is 0 Å². The van der Waals surface area contributed by atoms with Crippen molar-refractivity contribution in [3.63, 3.8) is 0 Å². The van der Waals surface area contributed by atoms with Crippen LogP contribution in [0.25, 0.3) is 0 Å². The van der Waals surface area contributed by atoms with Crippen LogP contribution in [0.3, 0.4) is 0 Å². The fraction of sp³-hybridized carbons (Fsp3) is 0.429. The van der Waals surface area contributed by atoms with E-state index in [9.17, 15) is 0 Å². The first kappa shape index (κ1) is 12.4. The summed E-state index contributed by atoms with van der Waals surface area (Å²) in [5.74, 6) is 0.632. The quantitative estimate of drug-likeness (QED) is 0.723. The molecule has 0 saturated heterocycles. The van der Waals surface area contributed by atoms with Crippen LogP contribution >= 0.6 is 11.8 Å². The number of thioether (sulfide) groups is 1. The van der Waals surface area contributed by atoms with E-state index in [-0.39, 0.29) is 0 Å². The van der Waals surface area contributed by atoms with Crippen LogP contribution in [0.2, 0.25) is 0 Å². The summed E-state index contributed by atoms with van der Waals surface area (Å²) in [7, 11) is 0. The minimum Gasteiger partial charge on any atom is -0.134 e. The van der Waals surface area contributed by atoms with Gasteiger partial charge in [0.15, 0.2) is 0 Å². The molecule has 0 N–H and O–H groups in total. The van der Waals surface area contributed by atoms with E-state index >= 15 is 0 Å². The zero-order valence-corrected chi connectivity index (χ0v) is 10.9. The molecule has 0 aliphatic carbocycles. The highest BCUT2D eigenvalue weighted by atomic mass is 32.2. The summed E-state index contributed by atoms with van der Waals surface area (Å²) < 4.78 is 0. The van der Waals surface area contributed by atoms with E-state index in [1.807, 2.05) is 11.8 Å². The molecule has 82 valence electrons. The van der Waals surface area contributed by atoms with Crippen LogP contribution < -0.4 is 0 Å². The van der Waals surface area contributed by atoms with Crippen LogP contribution in [-0.4, -0.2) is 6.26 Å². The summed E-state index contributed by atoms with van der Waals surface area (Å²) >= 11 is 1.86. The Balaban J connectivity index is 2.65. The van der Waals surface area contributed by atoms with Crippen molar-refractivity contribution in [1.29, 1.82) is 0 Å². The minimum atomic E-state index is 0.632. The Labute approximate surface area is 97.8 Å². The molecule has 0 heterocycles. The lowest BCUT2D eigenvalue weighted by atomic mass is 10.00. The molecule has 0 aliphatic heterocycles. The smallest absolute Gasteiger partial charge is 0.00933 e. The Morgan fingerprint density at radius 1 is 1.33 bits per heavy atom. The van der Waals surface area contributed by atoms with E-state index in [4.69, 9.17) is 0 Å². The Kier molecular flexibility index (Phi) is 4.97. The van der Waals surface area contributed by atoms with Gasteiger partial charge in [0.25, 0.3) is 0 Å². The lowest BCUT2D eigenvalue weighted by molar-refractivity contribution is 0.711. The van der Waals surface area contributed by atoms with E-state index < -0.39 is 0 Å². The number of rotatable bonds is 4. The molecule has 0 aliphatic rings. The molecular formula is C14H20S. The van der Waals surface area contributed by atoms with Gasteiger partial charge in [-0.2, -0.15) is 0 Å². The molecule has 1 aromatic carbocycles. The van der Waals surface area contributed by atoms with Gasteiger partial charge in [-0.1, -0.05) is 42.8 Å². The lowest BCUT2D eigenvalue weighted by Gasteiger charge is -2.13. The standard InChI is InChI=1S/C14H20S/c1-5-14(15-4)12(3)10-13-8-6-11(2)7-9-13/h5-9,12H,10H2,1-4H3/b14-5-. The molecule has 1 rings (SSSR count). The summed E-state index contributed by atoms with van der Waals surface area (Å²) in [4.78, 5) is 1.48. The molecule has 1 aromatic rings. The van der Waals surface area contributed by atoms with Gasteiger partial charge < -0.3 is 0 Å². The van der Waals surface area contributed by atoms with Gasteiger partial charge in [0.05, 0.1) is 0 Å². The van der Waals surface area contributed by atoms with E-state index in [0.717, 1.165) is 6.42 Å². The van der Waals surface area contributed by atoms with Crippen molar-refractivity contribution in [2.45, 2.75) is 27.2 Å². The van der Waals surface area contributed by atoms with Crippen molar-refractivity contribution in [3.05, 3.63) is 46.4 Å². The van der Waals surface area contributed by atoms with Gasteiger partial charge in [0.1, 0.15) is 0 Å². The van der Waals surface area contributed by atoms with Crippen LogP contribution in [0.15, 0.2) is 35.2 Å². The zero-order valence-electron chi connectivity index (χ0n) is 10.1. The molecule has 0 fully saturated rings. The summed E-state index contributed by atoms with van der Waals surface area (Å²) in [6.07, 6.45) is 5.52. The molecule has 15 heavy (non-hydrogen) atoms. The number of hydrogen-bond acceptors (Lipinski definition) is 1. The Morgan fingerprint density at radius 2 is 1.93 bits per heavy atom. The molecule has 1 heteroatoms. The van der Waals surface area contributed by atoms with Gasteiger partial charge in [-0.25, -0.2) is 0 Å². The first-order valence-corrected chi connectivity index (χ1v) is 6.65. The third-order valence-electron chi connectivity index (χ3n) is 2.67. The highest BCUT2D eigenvalue weighted by Crippen LogP contribution is 2.24. The van der Waals surface area contributed by atoms with Gasteiger partial charge in [0.2, 0.25) is 0 Å². The third-order valence-corrected chi connectivity index (χ3v) is 3.78. The SMILES string of the molecule is C/C=C(\SC)C(C)Cc1ccc(C)cc1. The maximum atomic E-state index is 2.30. The Bertz CT molecular complexity index is 322. The Morgan fingerprint density at radius 3 is 2.40 bits per heavy atom. The second kappa shape index (κ2) is 6.02. The number of hydrogen-bond donors (Lipinski definition) is 0. The van der Waals surface area contributed by atoms with Gasteiger partial charge in [-0.15, -0.1) is 11.8 Å².